The van der Waals surface area contributed by atoms with E-state index in [1.165, 1.54) is 15.5 Å². The van der Waals surface area contributed by atoms with Gasteiger partial charge in [-0.05, 0) is 42.3 Å². The van der Waals surface area contributed by atoms with Crippen molar-refractivity contribution in [2.24, 2.45) is 0 Å². The number of carbonyl (C=O) groups excluding carboxylic acids is 1. The average Bonchev–Trinajstić information content (AvgIpc) is 3.03. The van der Waals surface area contributed by atoms with Crippen molar-refractivity contribution in [1.29, 1.82) is 0 Å². The van der Waals surface area contributed by atoms with Gasteiger partial charge in [0.25, 0.3) is 5.91 Å². The van der Waals surface area contributed by atoms with Crippen LogP contribution in [-0.4, -0.2) is 39.4 Å². The van der Waals surface area contributed by atoms with Gasteiger partial charge >= 0.3 is 0 Å². The summed E-state index contributed by atoms with van der Waals surface area (Å²) in [7, 11) is -3.26. The van der Waals surface area contributed by atoms with Crippen molar-refractivity contribution in [2.75, 3.05) is 29.4 Å². The molecule has 2 aromatic carbocycles. The Kier molecular flexibility index (Phi) is 5.34. The molecule has 0 spiro atoms. The zero-order chi connectivity index (χ0) is 17.9. The van der Waals surface area contributed by atoms with Crippen LogP contribution in [-0.2, 0) is 16.4 Å². The van der Waals surface area contributed by atoms with Gasteiger partial charge in [-0.25, -0.2) is 8.42 Å². The minimum Gasteiger partial charge on any atom is -0.351 e. The molecular weight excluding hydrogens is 356 g/mol. The smallest absolute Gasteiger partial charge is 0.251 e. The van der Waals surface area contributed by atoms with E-state index in [1.54, 1.807) is 30.0 Å². The fraction of sp³-hybridized carbons (Fsp3) is 0.278. The van der Waals surface area contributed by atoms with Gasteiger partial charge in [-0.3, -0.25) is 9.10 Å². The summed E-state index contributed by atoms with van der Waals surface area (Å²) in [5.74, 6) is 0.664. The third-order valence-corrected chi connectivity index (χ3v) is 6.19. The normalized spacial score (nSPS) is 13.6. The molecule has 1 amide bonds. The number of sulfonamides is 1. The van der Waals surface area contributed by atoms with Gasteiger partial charge in [0, 0.05) is 29.3 Å². The lowest BCUT2D eigenvalue weighted by molar-refractivity contribution is 0.0956. The molecule has 0 aromatic heterocycles. The van der Waals surface area contributed by atoms with E-state index in [2.05, 4.69) is 5.32 Å². The summed E-state index contributed by atoms with van der Waals surface area (Å²) < 4.78 is 24.9. The highest BCUT2D eigenvalue weighted by molar-refractivity contribution is 7.99. The molecule has 0 unspecified atom stereocenters. The van der Waals surface area contributed by atoms with Crippen LogP contribution in [0.2, 0.25) is 0 Å². The highest BCUT2D eigenvalue weighted by atomic mass is 32.2. The summed E-state index contributed by atoms with van der Waals surface area (Å²) in [5, 5.41) is 2.91. The van der Waals surface area contributed by atoms with Crippen molar-refractivity contribution in [3.05, 3.63) is 59.7 Å². The van der Waals surface area contributed by atoms with Gasteiger partial charge in [0.2, 0.25) is 10.0 Å². The number of anilines is 1. The summed E-state index contributed by atoms with van der Waals surface area (Å²) in [6, 6.07) is 15.2. The Hall–Kier alpha value is -1.99. The number of nitrogens with one attached hydrogen (secondary N) is 1. The fourth-order valence-corrected chi connectivity index (χ4v) is 4.56. The molecular formula is C18H20N2O3S2. The number of benzene rings is 2. The molecule has 0 saturated carbocycles. The standard InChI is InChI=1S/C18H20N2O3S2/c1-25(22,23)20-11-9-14-13-15(7-8-17(14)20)18(21)19-10-12-24-16-5-3-2-4-6-16/h2-8,13H,9-12H2,1H3,(H,19,21). The van der Waals surface area contributed by atoms with E-state index < -0.39 is 10.0 Å². The lowest BCUT2D eigenvalue weighted by Crippen LogP contribution is -2.27. The van der Waals surface area contributed by atoms with Crippen LogP contribution in [0.3, 0.4) is 0 Å². The van der Waals surface area contributed by atoms with Gasteiger partial charge < -0.3 is 5.32 Å². The monoisotopic (exact) mass is 376 g/mol. The molecule has 2 aromatic rings. The van der Waals surface area contributed by atoms with E-state index in [-0.39, 0.29) is 5.91 Å². The molecule has 1 N–H and O–H groups in total. The highest BCUT2D eigenvalue weighted by Crippen LogP contribution is 2.30. The third kappa shape index (κ3) is 4.35. The Morgan fingerprint density at radius 3 is 2.68 bits per heavy atom. The van der Waals surface area contributed by atoms with E-state index in [9.17, 15) is 13.2 Å². The number of hydrogen-bond donors (Lipinski definition) is 1. The van der Waals surface area contributed by atoms with Crippen molar-refractivity contribution in [3.63, 3.8) is 0 Å². The van der Waals surface area contributed by atoms with Crippen LogP contribution in [0.4, 0.5) is 5.69 Å². The summed E-state index contributed by atoms with van der Waals surface area (Å²) in [6.07, 6.45) is 1.83. The minimum absolute atomic E-state index is 0.130. The van der Waals surface area contributed by atoms with Gasteiger partial charge in [-0.2, -0.15) is 0 Å². The number of hydrogen-bond acceptors (Lipinski definition) is 4. The zero-order valence-corrected chi connectivity index (χ0v) is 15.6. The second kappa shape index (κ2) is 7.49. The highest BCUT2D eigenvalue weighted by Gasteiger charge is 2.26. The first-order chi connectivity index (χ1) is 11.9. The molecule has 0 saturated heterocycles. The van der Waals surface area contributed by atoms with Gasteiger partial charge in [0.15, 0.2) is 0 Å². The maximum atomic E-state index is 12.3. The van der Waals surface area contributed by atoms with E-state index in [0.29, 0.717) is 30.8 Å². The molecule has 0 fully saturated rings. The minimum atomic E-state index is -3.26. The Labute approximate surface area is 152 Å². The first kappa shape index (κ1) is 17.8. The molecule has 0 atom stereocenters. The molecule has 1 aliphatic rings. The lowest BCUT2D eigenvalue weighted by Gasteiger charge is -2.16. The van der Waals surface area contributed by atoms with Crippen molar-refractivity contribution in [1.82, 2.24) is 5.32 Å². The molecule has 1 aliphatic heterocycles. The fourth-order valence-electron chi connectivity index (χ4n) is 2.81. The second-order valence-corrected chi connectivity index (χ2v) is 8.92. The summed E-state index contributed by atoms with van der Waals surface area (Å²) >= 11 is 1.69. The van der Waals surface area contributed by atoms with Gasteiger partial charge in [-0.1, -0.05) is 18.2 Å². The van der Waals surface area contributed by atoms with Crippen molar-refractivity contribution < 1.29 is 13.2 Å². The van der Waals surface area contributed by atoms with Crippen molar-refractivity contribution >= 4 is 33.4 Å². The average molecular weight is 377 g/mol. The largest absolute Gasteiger partial charge is 0.351 e. The first-order valence-electron chi connectivity index (χ1n) is 8.02. The number of nitrogens with zero attached hydrogens (tertiary/aromatic N) is 1. The van der Waals surface area contributed by atoms with E-state index >= 15 is 0 Å². The zero-order valence-electron chi connectivity index (χ0n) is 13.9. The third-order valence-electron chi connectivity index (χ3n) is 3.99. The van der Waals surface area contributed by atoms with E-state index in [0.717, 1.165) is 11.3 Å². The van der Waals surface area contributed by atoms with Crippen LogP contribution < -0.4 is 9.62 Å². The van der Waals surface area contributed by atoms with Crippen LogP contribution >= 0.6 is 11.8 Å². The van der Waals surface area contributed by atoms with Crippen LogP contribution in [0.1, 0.15) is 15.9 Å². The topological polar surface area (TPSA) is 66.5 Å². The molecule has 132 valence electrons. The molecule has 7 heteroatoms. The van der Waals surface area contributed by atoms with Crippen molar-refractivity contribution in [3.8, 4) is 0 Å². The molecule has 3 rings (SSSR count). The lowest BCUT2D eigenvalue weighted by atomic mass is 10.1. The molecule has 0 aliphatic carbocycles. The molecule has 0 bridgehead atoms. The van der Waals surface area contributed by atoms with Crippen molar-refractivity contribution in [2.45, 2.75) is 11.3 Å². The predicted molar refractivity (Wildman–Crippen MR) is 102 cm³/mol. The summed E-state index contributed by atoms with van der Waals surface area (Å²) in [5.41, 5.74) is 2.15. The Bertz CT molecular complexity index is 867. The molecule has 0 radical (unpaired) electrons. The number of fused-ring (bicyclic) bond motifs is 1. The molecule has 5 nitrogen and oxygen atoms in total. The number of carbonyl (C=O) groups is 1. The molecule has 25 heavy (non-hydrogen) atoms. The van der Waals surface area contributed by atoms with E-state index in [1.807, 2.05) is 30.3 Å². The summed E-state index contributed by atoms with van der Waals surface area (Å²) in [6.45, 7) is 1.01. The quantitative estimate of drug-likeness (QED) is 0.621. The van der Waals surface area contributed by atoms with Gasteiger partial charge in [-0.15, -0.1) is 11.8 Å². The summed E-state index contributed by atoms with van der Waals surface area (Å²) in [4.78, 5) is 13.5. The molecule has 1 heterocycles. The maximum absolute atomic E-state index is 12.3. The number of rotatable bonds is 6. The van der Waals surface area contributed by atoms with Crippen LogP contribution in [0.15, 0.2) is 53.4 Å². The van der Waals surface area contributed by atoms with Gasteiger partial charge in [0.1, 0.15) is 0 Å². The Morgan fingerprint density at radius 1 is 1.20 bits per heavy atom. The van der Waals surface area contributed by atoms with Crippen LogP contribution in [0.25, 0.3) is 0 Å². The first-order valence-corrected chi connectivity index (χ1v) is 10.9. The van der Waals surface area contributed by atoms with E-state index in [4.69, 9.17) is 0 Å². The second-order valence-electron chi connectivity index (χ2n) is 5.85. The predicted octanol–water partition coefficient (Wildman–Crippen LogP) is 2.53. The van der Waals surface area contributed by atoms with Gasteiger partial charge in [0.05, 0.1) is 11.9 Å². The maximum Gasteiger partial charge on any atom is 0.251 e. The van der Waals surface area contributed by atoms with Crippen LogP contribution in [0, 0.1) is 0 Å². The Balaban J connectivity index is 1.57. The van der Waals surface area contributed by atoms with Crippen LogP contribution in [0.5, 0.6) is 0 Å². The number of thioether (sulfide) groups is 1. The number of amides is 1. The SMILES string of the molecule is CS(=O)(=O)N1CCc2cc(C(=O)NCCSc3ccccc3)ccc21. The Morgan fingerprint density at radius 2 is 1.96 bits per heavy atom.